The molecule has 0 saturated carbocycles. The molecule has 2 heterocycles. The van der Waals surface area contributed by atoms with E-state index in [0.29, 0.717) is 0 Å². The fourth-order valence-electron chi connectivity index (χ4n) is 2.24. The van der Waals surface area contributed by atoms with Gasteiger partial charge in [-0.1, -0.05) is 13.3 Å². The predicted octanol–water partition coefficient (Wildman–Crippen LogP) is -0.797. The van der Waals surface area contributed by atoms with Crippen LogP contribution in [0.1, 0.15) is 26.0 Å². The zero-order chi connectivity index (χ0) is 17.7. The number of anilines is 1. The zero-order valence-corrected chi connectivity index (χ0v) is 13.2. The summed E-state index contributed by atoms with van der Waals surface area (Å²) in [5.41, 5.74) is -0.795. The molecular weight excluding hydrogens is 322 g/mol. The van der Waals surface area contributed by atoms with Crippen molar-refractivity contribution >= 4 is 11.9 Å². The summed E-state index contributed by atoms with van der Waals surface area (Å²) in [6.45, 7) is 1.72. The number of unbranched alkanes of at least 4 members (excludes halogenated alkanes) is 1. The van der Waals surface area contributed by atoms with Gasteiger partial charge in [-0.3, -0.25) is 9.88 Å². The number of nitrogens with zero attached hydrogens (tertiary/aromatic N) is 2. The van der Waals surface area contributed by atoms with E-state index in [0.717, 1.165) is 17.4 Å². The molecule has 1 aliphatic heterocycles. The van der Waals surface area contributed by atoms with Gasteiger partial charge in [-0.2, -0.15) is 4.98 Å². The molecule has 10 nitrogen and oxygen atoms in total. The summed E-state index contributed by atoms with van der Waals surface area (Å²) in [5, 5.41) is 31.0. The van der Waals surface area contributed by atoms with E-state index in [1.807, 2.05) is 6.92 Å². The maximum Gasteiger partial charge on any atom is 0.412 e. The third kappa shape index (κ3) is 4.09. The van der Waals surface area contributed by atoms with E-state index < -0.39 is 42.9 Å². The first-order valence-corrected chi connectivity index (χ1v) is 7.63. The normalized spacial score (nSPS) is 26.3. The SMILES string of the molecule is CCCCOC(=O)Nc1ccn([C@@H]2O[C@H](CO)[C@@H](O)[C@H]2O)c(=O)n1. The van der Waals surface area contributed by atoms with Crippen molar-refractivity contribution in [3.05, 3.63) is 22.7 Å². The van der Waals surface area contributed by atoms with Crippen molar-refractivity contribution in [2.75, 3.05) is 18.5 Å². The van der Waals surface area contributed by atoms with Gasteiger partial charge in [-0.05, 0) is 12.5 Å². The van der Waals surface area contributed by atoms with Crippen LogP contribution in [0.4, 0.5) is 10.6 Å². The van der Waals surface area contributed by atoms with Crippen LogP contribution < -0.4 is 11.0 Å². The van der Waals surface area contributed by atoms with Gasteiger partial charge in [0.2, 0.25) is 0 Å². The van der Waals surface area contributed by atoms with Crippen LogP contribution >= 0.6 is 0 Å². The van der Waals surface area contributed by atoms with Crippen molar-refractivity contribution in [2.45, 2.75) is 44.3 Å². The Morgan fingerprint density at radius 2 is 2.21 bits per heavy atom. The molecule has 0 aromatic carbocycles. The average molecular weight is 343 g/mol. The van der Waals surface area contributed by atoms with Gasteiger partial charge in [0, 0.05) is 6.20 Å². The minimum atomic E-state index is -1.39. The molecule has 134 valence electrons. The van der Waals surface area contributed by atoms with Crippen molar-refractivity contribution < 1.29 is 29.6 Å². The second kappa shape index (κ2) is 8.20. The van der Waals surface area contributed by atoms with Crippen molar-refractivity contribution in [1.82, 2.24) is 9.55 Å². The topological polar surface area (TPSA) is 143 Å². The number of nitrogens with one attached hydrogen (secondary N) is 1. The highest BCUT2D eigenvalue weighted by Gasteiger charge is 2.43. The maximum atomic E-state index is 12.0. The highest BCUT2D eigenvalue weighted by molar-refractivity contribution is 5.83. The van der Waals surface area contributed by atoms with E-state index in [1.165, 1.54) is 12.3 Å². The lowest BCUT2D eigenvalue weighted by atomic mass is 10.1. The smallest absolute Gasteiger partial charge is 0.412 e. The summed E-state index contributed by atoms with van der Waals surface area (Å²) >= 11 is 0. The van der Waals surface area contributed by atoms with Crippen molar-refractivity contribution in [3.8, 4) is 0 Å². The van der Waals surface area contributed by atoms with Gasteiger partial charge in [0.1, 0.15) is 24.1 Å². The van der Waals surface area contributed by atoms with Crippen molar-refractivity contribution in [2.24, 2.45) is 0 Å². The first kappa shape index (κ1) is 18.3. The van der Waals surface area contributed by atoms with Crippen LogP contribution in [-0.4, -0.2) is 62.5 Å². The zero-order valence-electron chi connectivity index (χ0n) is 13.2. The number of aliphatic hydroxyl groups is 3. The third-order valence-corrected chi connectivity index (χ3v) is 3.58. The fraction of sp³-hybridized carbons (Fsp3) is 0.643. The maximum absolute atomic E-state index is 12.0. The Labute approximate surface area is 137 Å². The van der Waals surface area contributed by atoms with Crippen LogP contribution in [0, 0.1) is 0 Å². The molecule has 2 rings (SSSR count). The molecule has 1 aromatic rings. The van der Waals surface area contributed by atoms with Crippen molar-refractivity contribution in [3.63, 3.8) is 0 Å². The number of aliphatic hydroxyl groups excluding tert-OH is 3. The molecule has 0 spiro atoms. The average Bonchev–Trinajstić information content (AvgIpc) is 2.83. The lowest BCUT2D eigenvalue weighted by Crippen LogP contribution is -2.36. The number of aromatic nitrogens is 2. The fourth-order valence-corrected chi connectivity index (χ4v) is 2.24. The Kier molecular flexibility index (Phi) is 6.26. The molecule has 4 N–H and O–H groups in total. The molecule has 1 saturated heterocycles. The van der Waals surface area contributed by atoms with Gasteiger partial charge in [0.25, 0.3) is 0 Å². The number of carbonyl (C=O) groups is 1. The highest BCUT2D eigenvalue weighted by atomic mass is 16.6. The summed E-state index contributed by atoms with van der Waals surface area (Å²) in [6, 6.07) is 1.33. The molecular formula is C14H21N3O7. The molecule has 1 fully saturated rings. The molecule has 1 amide bonds. The molecule has 1 aromatic heterocycles. The number of ether oxygens (including phenoxy) is 2. The van der Waals surface area contributed by atoms with Gasteiger partial charge < -0.3 is 24.8 Å². The summed E-state index contributed by atoms with van der Waals surface area (Å²) < 4.78 is 11.1. The molecule has 0 bridgehead atoms. The lowest BCUT2D eigenvalue weighted by molar-refractivity contribution is -0.0549. The molecule has 0 radical (unpaired) electrons. The molecule has 10 heteroatoms. The Hall–Kier alpha value is -2.01. The molecule has 4 atom stereocenters. The van der Waals surface area contributed by atoms with Gasteiger partial charge in [-0.25, -0.2) is 9.59 Å². The summed E-state index contributed by atoms with van der Waals surface area (Å²) in [4.78, 5) is 27.2. The van der Waals surface area contributed by atoms with Crippen LogP contribution in [0.15, 0.2) is 17.1 Å². The Bertz CT molecular complexity index is 621. The Morgan fingerprint density at radius 3 is 2.79 bits per heavy atom. The number of rotatable bonds is 6. The van der Waals surface area contributed by atoms with Crippen LogP contribution in [0.25, 0.3) is 0 Å². The Morgan fingerprint density at radius 1 is 1.46 bits per heavy atom. The molecule has 0 aliphatic carbocycles. The quantitative estimate of drug-likeness (QED) is 0.492. The van der Waals surface area contributed by atoms with Gasteiger partial charge in [0.05, 0.1) is 13.2 Å². The standard InChI is InChI=1S/C14H21N3O7/c1-2-3-6-23-14(22)16-9-4-5-17(13(21)15-9)12-11(20)10(19)8(7-18)24-12/h4-5,8,10-12,18-20H,2-3,6-7H2,1H3,(H,15,16,21,22)/t8-,10-,11-,12-/m1/s1. The minimum absolute atomic E-state index is 0.00973. The first-order valence-electron chi connectivity index (χ1n) is 7.63. The van der Waals surface area contributed by atoms with Crippen LogP contribution in [-0.2, 0) is 9.47 Å². The van der Waals surface area contributed by atoms with E-state index >= 15 is 0 Å². The number of carbonyl (C=O) groups excluding carboxylic acids is 1. The second-order valence-electron chi connectivity index (χ2n) is 5.35. The van der Waals surface area contributed by atoms with E-state index in [4.69, 9.17) is 14.6 Å². The van der Waals surface area contributed by atoms with Crippen molar-refractivity contribution in [1.29, 1.82) is 0 Å². The summed E-state index contributed by atoms with van der Waals surface area (Å²) in [6.07, 6.45) is -2.73. The summed E-state index contributed by atoms with van der Waals surface area (Å²) in [5.74, 6) is -0.00973. The van der Waals surface area contributed by atoms with Gasteiger partial charge >= 0.3 is 11.8 Å². The monoisotopic (exact) mass is 343 g/mol. The number of hydrogen-bond donors (Lipinski definition) is 4. The van der Waals surface area contributed by atoms with E-state index in [1.54, 1.807) is 0 Å². The van der Waals surface area contributed by atoms with Gasteiger partial charge in [0.15, 0.2) is 6.23 Å². The first-order chi connectivity index (χ1) is 11.5. The highest BCUT2D eigenvalue weighted by Crippen LogP contribution is 2.28. The van der Waals surface area contributed by atoms with E-state index in [-0.39, 0.29) is 12.4 Å². The van der Waals surface area contributed by atoms with Crippen LogP contribution in [0.2, 0.25) is 0 Å². The molecule has 0 unspecified atom stereocenters. The van der Waals surface area contributed by atoms with Gasteiger partial charge in [-0.15, -0.1) is 0 Å². The second-order valence-corrected chi connectivity index (χ2v) is 5.35. The number of amides is 1. The lowest BCUT2D eigenvalue weighted by Gasteiger charge is -2.17. The Balaban J connectivity index is 2.05. The summed E-state index contributed by atoms with van der Waals surface area (Å²) in [7, 11) is 0. The van der Waals surface area contributed by atoms with E-state index in [9.17, 15) is 19.8 Å². The van der Waals surface area contributed by atoms with Crippen LogP contribution in [0.3, 0.4) is 0 Å². The molecule has 1 aliphatic rings. The largest absolute Gasteiger partial charge is 0.449 e. The van der Waals surface area contributed by atoms with Crippen LogP contribution in [0.5, 0.6) is 0 Å². The predicted molar refractivity (Wildman–Crippen MR) is 81.4 cm³/mol. The van der Waals surface area contributed by atoms with E-state index in [2.05, 4.69) is 10.3 Å². The molecule has 24 heavy (non-hydrogen) atoms. The number of hydrogen-bond acceptors (Lipinski definition) is 8. The minimum Gasteiger partial charge on any atom is -0.449 e. The third-order valence-electron chi connectivity index (χ3n) is 3.58.